The van der Waals surface area contributed by atoms with Crippen molar-refractivity contribution in [2.75, 3.05) is 5.32 Å². The first-order valence-electron chi connectivity index (χ1n) is 9.21. The van der Waals surface area contributed by atoms with Gasteiger partial charge >= 0.3 is 0 Å². The summed E-state index contributed by atoms with van der Waals surface area (Å²) >= 11 is 0. The molecule has 0 atom stereocenters. The van der Waals surface area contributed by atoms with E-state index in [4.69, 9.17) is 9.97 Å². The van der Waals surface area contributed by atoms with Crippen LogP contribution in [0, 0.1) is 13.8 Å². The summed E-state index contributed by atoms with van der Waals surface area (Å²) < 4.78 is 0. The summed E-state index contributed by atoms with van der Waals surface area (Å²) in [6, 6.07) is 20.6. The Balaban J connectivity index is 1.67. The van der Waals surface area contributed by atoms with E-state index in [2.05, 4.69) is 65.8 Å². The van der Waals surface area contributed by atoms with Crippen molar-refractivity contribution in [1.82, 2.24) is 20.2 Å². The van der Waals surface area contributed by atoms with E-state index in [0.29, 0.717) is 5.82 Å². The maximum absolute atomic E-state index is 4.86. The number of nitrogens with zero attached hydrogens (tertiary/aromatic N) is 3. The lowest BCUT2D eigenvalue weighted by Gasteiger charge is -2.12. The Hall–Kier alpha value is -3.73. The Morgan fingerprint density at radius 3 is 2.64 bits per heavy atom. The predicted octanol–water partition coefficient (Wildman–Crippen LogP) is 5.53. The van der Waals surface area contributed by atoms with Crippen LogP contribution in [0.25, 0.3) is 33.2 Å². The van der Waals surface area contributed by atoms with E-state index in [-0.39, 0.29) is 0 Å². The summed E-state index contributed by atoms with van der Waals surface area (Å²) in [6.07, 6.45) is 1.82. The molecule has 0 bridgehead atoms. The molecule has 0 fully saturated rings. The molecule has 136 valence electrons. The van der Waals surface area contributed by atoms with Crippen molar-refractivity contribution in [3.63, 3.8) is 0 Å². The minimum atomic E-state index is 0.716. The van der Waals surface area contributed by atoms with Crippen LogP contribution in [0.1, 0.15) is 11.1 Å². The third-order valence-corrected chi connectivity index (χ3v) is 4.83. The van der Waals surface area contributed by atoms with Gasteiger partial charge in [0.15, 0.2) is 5.82 Å². The molecule has 0 spiro atoms. The Morgan fingerprint density at radius 2 is 1.75 bits per heavy atom. The molecule has 0 aliphatic rings. The van der Waals surface area contributed by atoms with Crippen molar-refractivity contribution < 1.29 is 0 Å². The SMILES string of the molecule is Cc1cccc(-c2nc(Nc3ccc4[nH]ncc4c3)c3ccc(C)cc3n2)c1. The Morgan fingerprint density at radius 1 is 0.857 bits per heavy atom. The first-order valence-corrected chi connectivity index (χ1v) is 9.21. The number of H-pyrrole nitrogens is 1. The number of aromatic nitrogens is 4. The van der Waals surface area contributed by atoms with Gasteiger partial charge in [-0.25, -0.2) is 9.97 Å². The minimum absolute atomic E-state index is 0.716. The van der Waals surface area contributed by atoms with Gasteiger partial charge in [-0.1, -0.05) is 29.8 Å². The summed E-state index contributed by atoms with van der Waals surface area (Å²) in [5.74, 6) is 1.51. The fraction of sp³-hybridized carbons (Fsp3) is 0.0870. The van der Waals surface area contributed by atoms with Crippen LogP contribution < -0.4 is 5.32 Å². The lowest BCUT2D eigenvalue weighted by molar-refractivity contribution is 1.12. The predicted molar refractivity (Wildman–Crippen MR) is 114 cm³/mol. The molecule has 2 N–H and O–H groups in total. The molecule has 0 saturated heterocycles. The molecule has 28 heavy (non-hydrogen) atoms. The summed E-state index contributed by atoms with van der Waals surface area (Å²) in [5, 5.41) is 12.6. The quantitative estimate of drug-likeness (QED) is 0.441. The summed E-state index contributed by atoms with van der Waals surface area (Å²) in [5.41, 5.74) is 6.27. The van der Waals surface area contributed by atoms with E-state index in [1.807, 2.05) is 30.5 Å². The van der Waals surface area contributed by atoms with Gasteiger partial charge in [0.1, 0.15) is 5.82 Å². The van der Waals surface area contributed by atoms with E-state index < -0.39 is 0 Å². The monoisotopic (exact) mass is 365 g/mol. The highest BCUT2D eigenvalue weighted by atomic mass is 15.1. The van der Waals surface area contributed by atoms with Gasteiger partial charge in [-0.15, -0.1) is 0 Å². The van der Waals surface area contributed by atoms with Gasteiger partial charge in [-0.05, 0) is 55.8 Å². The van der Waals surface area contributed by atoms with E-state index >= 15 is 0 Å². The Labute approximate surface area is 162 Å². The highest BCUT2D eigenvalue weighted by Crippen LogP contribution is 2.29. The number of anilines is 2. The average molecular weight is 365 g/mol. The van der Waals surface area contributed by atoms with E-state index in [9.17, 15) is 0 Å². The molecular weight excluding hydrogens is 346 g/mol. The number of aryl methyl sites for hydroxylation is 2. The van der Waals surface area contributed by atoms with Crippen molar-refractivity contribution >= 4 is 33.3 Å². The summed E-state index contributed by atoms with van der Waals surface area (Å²) in [4.78, 5) is 9.68. The fourth-order valence-corrected chi connectivity index (χ4v) is 3.41. The Bertz CT molecular complexity index is 1320. The largest absolute Gasteiger partial charge is 0.340 e. The van der Waals surface area contributed by atoms with Crippen molar-refractivity contribution in [3.8, 4) is 11.4 Å². The van der Waals surface area contributed by atoms with Crippen molar-refractivity contribution in [1.29, 1.82) is 0 Å². The number of fused-ring (bicyclic) bond motifs is 2. The van der Waals surface area contributed by atoms with Gasteiger partial charge in [0, 0.05) is 22.0 Å². The maximum Gasteiger partial charge on any atom is 0.162 e. The second-order valence-electron chi connectivity index (χ2n) is 7.08. The molecule has 0 unspecified atom stereocenters. The van der Waals surface area contributed by atoms with Crippen LogP contribution in [0.4, 0.5) is 11.5 Å². The summed E-state index contributed by atoms with van der Waals surface area (Å²) in [6.45, 7) is 4.15. The Kier molecular flexibility index (Phi) is 3.79. The normalized spacial score (nSPS) is 11.2. The third-order valence-electron chi connectivity index (χ3n) is 4.83. The standard InChI is InChI=1S/C23H19N5/c1-14-4-3-5-16(10-14)22-26-21-11-15(2)6-8-19(21)23(27-22)25-18-7-9-20-17(12-18)13-24-28-20/h3-13H,1-2H3,(H,24,28)(H,25,26,27). The molecule has 5 heteroatoms. The molecule has 5 rings (SSSR count). The van der Waals surface area contributed by atoms with Crippen molar-refractivity contribution in [3.05, 3.63) is 78.0 Å². The van der Waals surface area contributed by atoms with Crippen LogP contribution in [-0.4, -0.2) is 20.2 Å². The van der Waals surface area contributed by atoms with Crippen LogP contribution in [0.15, 0.2) is 66.9 Å². The maximum atomic E-state index is 4.86. The van der Waals surface area contributed by atoms with Crippen LogP contribution in [0.5, 0.6) is 0 Å². The molecule has 0 radical (unpaired) electrons. The van der Waals surface area contributed by atoms with E-state index in [1.54, 1.807) is 0 Å². The zero-order chi connectivity index (χ0) is 19.1. The van der Waals surface area contributed by atoms with Gasteiger partial charge in [0.05, 0.1) is 17.2 Å². The molecule has 0 aliphatic carbocycles. The van der Waals surface area contributed by atoms with Crippen LogP contribution in [0.2, 0.25) is 0 Å². The highest BCUT2D eigenvalue weighted by molar-refractivity contribution is 5.93. The van der Waals surface area contributed by atoms with Crippen LogP contribution in [0.3, 0.4) is 0 Å². The minimum Gasteiger partial charge on any atom is -0.340 e. The molecule has 2 aromatic heterocycles. The molecule has 5 aromatic rings. The number of hydrogen-bond acceptors (Lipinski definition) is 4. The third kappa shape index (κ3) is 2.97. The topological polar surface area (TPSA) is 66.5 Å². The van der Waals surface area contributed by atoms with Crippen molar-refractivity contribution in [2.45, 2.75) is 13.8 Å². The zero-order valence-electron chi connectivity index (χ0n) is 15.7. The molecule has 3 aromatic carbocycles. The second-order valence-corrected chi connectivity index (χ2v) is 7.08. The average Bonchev–Trinajstić information content (AvgIpc) is 3.15. The van der Waals surface area contributed by atoms with Crippen LogP contribution in [-0.2, 0) is 0 Å². The summed E-state index contributed by atoms with van der Waals surface area (Å²) in [7, 11) is 0. The number of rotatable bonds is 3. The molecule has 0 amide bonds. The number of benzene rings is 3. The van der Waals surface area contributed by atoms with E-state index in [1.165, 1.54) is 11.1 Å². The van der Waals surface area contributed by atoms with Gasteiger partial charge in [0.25, 0.3) is 0 Å². The smallest absolute Gasteiger partial charge is 0.162 e. The molecule has 2 heterocycles. The van der Waals surface area contributed by atoms with Gasteiger partial charge in [-0.2, -0.15) is 5.10 Å². The lowest BCUT2D eigenvalue weighted by atomic mass is 10.1. The molecule has 5 nitrogen and oxygen atoms in total. The lowest BCUT2D eigenvalue weighted by Crippen LogP contribution is -2.00. The zero-order valence-corrected chi connectivity index (χ0v) is 15.7. The van der Waals surface area contributed by atoms with Crippen LogP contribution >= 0.6 is 0 Å². The first-order chi connectivity index (χ1) is 13.7. The number of hydrogen-bond donors (Lipinski definition) is 2. The van der Waals surface area contributed by atoms with E-state index in [0.717, 1.165) is 38.9 Å². The first kappa shape index (κ1) is 16.4. The molecule has 0 aliphatic heterocycles. The number of nitrogens with one attached hydrogen (secondary N) is 2. The van der Waals surface area contributed by atoms with Gasteiger partial charge < -0.3 is 5.32 Å². The molecule has 0 saturated carbocycles. The molecular formula is C23H19N5. The van der Waals surface area contributed by atoms with Crippen molar-refractivity contribution in [2.24, 2.45) is 0 Å². The fourth-order valence-electron chi connectivity index (χ4n) is 3.41. The number of aromatic amines is 1. The van der Waals surface area contributed by atoms with Gasteiger partial charge in [0.2, 0.25) is 0 Å². The second kappa shape index (κ2) is 6.46. The van der Waals surface area contributed by atoms with Gasteiger partial charge in [-0.3, -0.25) is 5.10 Å². The highest BCUT2D eigenvalue weighted by Gasteiger charge is 2.11.